The lowest BCUT2D eigenvalue weighted by molar-refractivity contribution is -0.138. The summed E-state index contributed by atoms with van der Waals surface area (Å²) in [6.07, 6.45) is 2.89. The minimum atomic E-state index is -0.938. The number of H-pyrrole nitrogens is 1. The number of nitrogens with zero attached hydrogens (tertiary/aromatic N) is 3. The number of rotatable bonds is 3. The van der Waals surface area contributed by atoms with E-state index in [2.05, 4.69) is 19.9 Å². The Morgan fingerprint density at radius 2 is 2.19 bits per heavy atom. The van der Waals surface area contributed by atoms with E-state index in [9.17, 15) is 4.79 Å². The fraction of sp³-hybridized carbons (Fsp3) is 0.333. The number of hydrogen-bond donors (Lipinski definition) is 2. The molecule has 0 fully saturated rings. The van der Waals surface area contributed by atoms with E-state index in [-0.39, 0.29) is 0 Å². The second-order valence-corrected chi connectivity index (χ2v) is 5.31. The Morgan fingerprint density at radius 3 is 2.88 bits per heavy atom. The van der Waals surface area contributed by atoms with E-state index in [1.54, 1.807) is 13.8 Å². The first-order valence-electron chi connectivity index (χ1n) is 4.57. The van der Waals surface area contributed by atoms with Crippen LogP contribution in [-0.2, 0) is 4.79 Å². The average molecular weight is 238 g/mol. The van der Waals surface area contributed by atoms with Gasteiger partial charge in [-0.2, -0.15) is 0 Å². The summed E-state index contributed by atoms with van der Waals surface area (Å²) in [5, 5.41) is 9.63. The molecular formula is C9H10N4O2S. The van der Waals surface area contributed by atoms with E-state index in [1.807, 2.05) is 0 Å². The highest BCUT2D eigenvalue weighted by molar-refractivity contribution is 8.01. The number of carboxylic acids is 1. The molecule has 7 heteroatoms. The number of carbonyl (C=O) groups is 1. The fourth-order valence-corrected chi connectivity index (χ4v) is 2.03. The van der Waals surface area contributed by atoms with Gasteiger partial charge in [0.05, 0.1) is 6.33 Å². The van der Waals surface area contributed by atoms with E-state index >= 15 is 0 Å². The standard InChI is InChI=1S/C9H10N4O2S/c1-9(2,8(14)15)16-7-5-6(11-3-10-5)12-4-13-7/h3-4H,1-2H3,(H,14,15)(H,10,11,12,13). The number of fused-ring (bicyclic) bond motifs is 1. The molecule has 0 aliphatic rings. The quantitative estimate of drug-likeness (QED) is 0.618. The highest BCUT2D eigenvalue weighted by Crippen LogP contribution is 2.33. The van der Waals surface area contributed by atoms with Crippen LogP contribution in [0.3, 0.4) is 0 Å². The number of aromatic nitrogens is 4. The second kappa shape index (κ2) is 3.75. The maximum atomic E-state index is 11.0. The summed E-state index contributed by atoms with van der Waals surface area (Å²) in [7, 11) is 0. The number of aliphatic carboxylic acids is 1. The molecule has 2 N–H and O–H groups in total. The summed E-state index contributed by atoms with van der Waals surface area (Å²) in [6, 6.07) is 0. The van der Waals surface area contributed by atoms with Gasteiger partial charge in [-0.1, -0.05) is 11.8 Å². The second-order valence-electron chi connectivity index (χ2n) is 3.70. The summed E-state index contributed by atoms with van der Waals surface area (Å²) < 4.78 is -0.938. The Kier molecular flexibility index (Phi) is 2.55. The summed E-state index contributed by atoms with van der Waals surface area (Å²) >= 11 is 1.17. The lowest BCUT2D eigenvalue weighted by Crippen LogP contribution is -2.27. The summed E-state index contributed by atoms with van der Waals surface area (Å²) in [5.74, 6) is -0.885. The molecule has 2 heterocycles. The zero-order valence-corrected chi connectivity index (χ0v) is 9.58. The molecule has 2 aromatic rings. The summed E-state index contributed by atoms with van der Waals surface area (Å²) in [5.41, 5.74) is 1.21. The van der Waals surface area contributed by atoms with E-state index in [1.165, 1.54) is 24.4 Å². The molecule has 2 aromatic heterocycles. The third-order valence-electron chi connectivity index (χ3n) is 2.06. The van der Waals surface area contributed by atoms with Crippen molar-refractivity contribution in [1.29, 1.82) is 0 Å². The Bertz CT molecular complexity index is 537. The van der Waals surface area contributed by atoms with Crippen molar-refractivity contribution in [2.75, 3.05) is 0 Å². The molecule has 0 atom stereocenters. The number of nitrogens with one attached hydrogen (secondary N) is 1. The van der Waals surface area contributed by atoms with Gasteiger partial charge in [0.2, 0.25) is 0 Å². The maximum absolute atomic E-state index is 11.0. The number of imidazole rings is 1. The van der Waals surface area contributed by atoms with Crippen LogP contribution >= 0.6 is 11.8 Å². The number of aromatic amines is 1. The van der Waals surface area contributed by atoms with Gasteiger partial charge < -0.3 is 10.1 Å². The largest absolute Gasteiger partial charge is 0.480 e. The van der Waals surface area contributed by atoms with Gasteiger partial charge in [-0.25, -0.2) is 15.0 Å². The van der Waals surface area contributed by atoms with Crippen LogP contribution < -0.4 is 0 Å². The van der Waals surface area contributed by atoms with Crippen LogP contribution in [0.25, 0.3) is 11.2 Å². The van der Waals surface area contributed by atoms with Gasteiger partial charge in [0.25, 0.3) is 0 Å². The van der Waals surface area contributed by atoms with Gasteiger partial charge in [0.1, 0.15) is 21.6 Å². The highest BCUT2D eigenvalue weighted by atomic mass is 32.2. The van der Waals surface area contributed by atoms with Crippen molar-refractivity contribution in [1.82, 2.24) is 19.9 Å². The third kappa shape index (κ3) is 1.85. The maximum Gasteiger partial charge on any atom is 0.319 e. The van der Waals surface area contributed by atoms with Gasteiger partial charge in [-0.05, 0) is 13.8 Å². The summed E-state index contributed by atoms with van der Waals surface area (Å²) in [6.45, 7) is 3.26. The lowest BCUT2D eigenvalue weighted by atomic mass is 10.2. The van der Waals surface area contributed by atoms with E-state index in [0.29, 0.717) is 16.2 Å². The van der Waals surface area contributed by atoms with Crippen LogP contribution in [0.5, 0.6) is 0 Å². The lowest BCUT2D eigenvalue weighted by Gasteiger charge is -2.17. The van der Waals surface area contributed by atoms with Crippen LogP contribution in [0.4, 0.5) is 0 Å². The molecule has 0 radical (unpaired) electrons. The van der Waals surface area contributed by atoms with Crippen molar-refractivity contribution < 1.29 is 9.90 Å². The van der Waals surface area contributed by atoms with Crippen LogP contribution in [-0.4, -0.2) is 35.8 Å². The molecule has 0 unspecified atom stereocenters. The normalized spacial score (nSPS) is 11.9. The zero-order chi connectivity index (χ0) is 11.8. The Hall–Kier alpha value is -1.63. The zero-order valence-electron chi connectivity index (χ0n) is 8.76. The van der Waals surface area contributed by atoms with Crippen molar-refractivity contribution in [3.05, 3.63) is 12.7 Å². The summed E-state index contributed by atoms with van der Waals surface area (Å²) in [4.78, 5) is 25.9. The first-order chi connectivity index (χ1) is 7.50. The Morgan fingerprint density at radius 1 is 1.44 bits per heavy atom. The van der Waals surface area contributed by atoms with Crippen LogP contribution in [0.1, 0.15) is 13.8 Å². The van der Waals surface area contributed by atoms with Gasteiger partial charge in [0, 0.05) is 0 Å². The van der Waals surface area contributed by atoms with E-state index < -0.39 is 10.7 Å². The first-order valence-corrected chi connectivity index (χ1v) is 5.39. The van der Waals surface area contributed by atoms with Gasteiger partial charge >= 0.3 is 5.97 Å². The highest BCUT2D eigenvalue weighted by Gasteiger charge is 2.30. The molecule has 84 valence electrons. The average Bonchev–Trinajstić information content (AvgIpc) is 2.65. The van der Waals surface area contributed by atoms with Crippen LogP contribution in [0.2, 0.25) is 0 Å². The van der Waals surface area contributed by atoms with E-state index in [4.69, 9.17) is 5.11 Å². The predicted octanol–water partition coefficient (Wildman–Crippen LogP) is 1.31. The molecule has 0 saturated carbocycles. The number of thioether (sulfide) groups is 1. The van der Waals surface area contributed by atoms with Crippen molar-refractivity contribution in [3.8, 4) is 0 Å². The SMILES string of the molecule is CC(C)(Sc1ncnc2nc[nH]c12)C(=O)O. The first kappa shape index (κ1) is 10.9. The minimum absolute atomic E-state index is 0.540. The van der Waals surface area contributed by atoms with Crippen molar-refractivity contribution >= 4 is 28.9 Å². The smallest absolute Gasteiger partial charge is 0.319 e. The molecule has 0 aliphatic carbocycles. The van der Waals surface area contributed by atoms with Gasteiger partial charge in [-0.3, -0.25) is 4.79 Å². The molecule has 0 amide bonds. The molecule has 0 bridgehead atoms. The number of hydrogen-bond acceptors (Lipinski definition) is 5. The molecule has 0 saturated heterocycles. The van der Waals surface area contributed by atoms with E-state index in [0.717, 1.165) is 0 Å². The predicted molar refractivity (Wildman–Crippen MR) is 59.3 cm³/mol. The fourth-order valence-electron chi connectivity index (χ4n) is 1.11. The number of carboxylic acid groups (broad SMARTS) is 1. The van der Waals surface area contributed by atoms with Crippen molar-refractivity contribution in [2.24, 2.45) is 0 Å². The van der Waals surface area contributed by atoms with Gasteiger partial charge in [0.15, 0.2) is 5.65 Å². The van der Waals surface area contributed by atoms with Crippen molar-refractivity contribution in [2.45, 2.75) is 23.6 Å². The van der Waals surface area contributed by atoms with Gasteiger partial charge in [-0.15, -0.1) is 0 Å². The molecule has 0 aromatic carbocycles. The molecule has 16 heavy (non-hydrogen) atoms. The van der Waals surface area contributed by atoms with Crippen molar-refractivity contribution in [3.63, 3.8) is 0 Å². The van der Waals surface area contributed by atoms with Crippen LogP contribution in [0, 0.1) is 0 Å². The minimum Gasteiger partial charge on any atom is -0.480 e. The topological polar surface area (TPSA) is 91.8 Å². The van der Waals surface area contributed by atoms with Crippen LogP contribution in [0.15, 0.2) is 17.7 Å². The molecular weight excluding hydrogens is 228 g/mol. The molecule has 6 nitrogen and oxygen atoms in total. The third-order valence-corrected chi connectivity index (χ3v) is 3.24. The Labute approximate surface area is 95.5 Å². The molecule has 0 spiro atoms. The molecule has 0 aliphatic heterocycles. The monoisotopic (exact) mass is 238 g/mol. The Balaban J connectivity index is 2.41. The molecule has 2 rings (SSSR count).